The molecule has 0 saturated heterocycles. The average molecular weight is 236 g/mol. The minimum Gasteiger partial charge on any atom is -0.460 e. The van der Waals surface area contributed by atoms with Crippen molar-refractivity contribution < 1.29 is 27.9 Å². The number of carbonyl (C=O) groups is 1. The second kappa shape index (κ2) is 6.70. The van der Waals surface area contributed by atoms with Gasteiger partial charge in [-0.3, -0.25) is 0 Å². The number of ether oxygens (including phenoxy) is 1. The number of rotatable bonds is 7. The standard InChI is InChI=1S/C8H16O6Si/c1-7(8(10)14-6-5-9)15(11-2,12-3)13-4/h9H,1,5-6H2,2-4H3. The third-order valence-electron chi connectivity index (χ3n) is 1.75. The maximum atomic E-state index is 11.4. The molecule has 88 valence electrons. The Kier molecular flexibility index (Phi) is 6.37. The molecule has 6 nitrogen and oxygen atoms in total. The highest BCUT2D eigenvalue weighted by molar-refractivity contribution is 6.73. The molecule has 0 aliphatic rings. The molecule has 0 aliphatic heterocycles. The number of aliphatic hydroxyl groups excluding tert-OH is 1. The molecule has 0 bridgehead atoms. The summed E-state index contributed by atoms with van der Waals surface area (Å²) in [6.07, 6.45) is 0. The first-order valence-corrected chi connectivity index (χ1v) is 5.93. The van der Waals surface area contributed by atoms with E-state index >= 15 is 0 Å². The molecule has 0 aliphatic carbocycles. The quantitative estimate of drug-likeness (QED) is 0.365. The summed E-state index contributed by atoms with van der Waals surface area (Å²) in [5.41, 5.74) is 0. The second-order valence-electron chi connectivity index (χ2n) is 2.51. The molecular weight excluding hydrogens is 220 g/mol. The predicted octanol–water partition coefficient (Wildman–Crippen LogP) is -0.505. The van der Waals surface area contributed by atoms with Crippen molar-refractivity contribution in [2.24, 2.45) is 0 Å². The molecule has 0 aromatic rings. The molecule has 0 amide bonds. The van der Waals surface area contributed by atoms with Gasteiger partial charge in [-0.05, 0) is 0 Å². The lowest BCUT2D eigenvalue weighted by Crippen LogP contribution is -2.48. The van der Waals surface area contributed by atoms with Crippen LogP contribution in [0.1, 0.15) is 0 Å². The van der Waals surface area contributed by atoms with Gasteiger partial charge >= 0.3 is 14.8 Å². The summed E-state index contributed by atoms with van der Waals surface area (Å²) in [6, 6.07) is 0. The lowest BCUT2D eigenvalue weighted by Gasteiger charge is -2.24. The van der Waals surface area contributed by atoms with Crippen LogP contribution in [-0.4, -0.2) is 54.4 Å². The lowest BCUT2D eigenvalue weighted by molar-refractivity contribution is -0.139. The zero-order chi connectivity index (χ0) is 11.9. The molecule has 0 rings (SSSR count). The molecule has 0 aromatic heterocycles. The van der Waals surface area contributed by atoms with Crippen molar-refractivity contribution in [3.8, 4) is 0 Å². The van der Waals surface area contributed by atoms with Crippen molar-refractivity contribution in [2.75, 3.05) is 34.5 Å². The average Bonchev–Trinajstić information content (AvgIpc) is 2.28. The number of esters is 1. The van der Waals surface area contributed by atoms with Crippen molar-refractivity contribution in [3.63, 3.8) is 0 Å². The van der Waals surface area contributed by atoms with E-state index in [2.05, 4.69) is 11.3 Å². The fraction of sp³-hybridized carbons (Fsp3) is 0.625. The van der Waals surface area contributed by atoms with E-state index in [0.29, 0.717) is 0 Å². The smallest absolute Gasteiger partial charge is 0.460 e. The lowest BCUT2D eigenvalue weighted by atomic mass is 10.6. The van der Waals surface area contributed by atoms with Gasteiger partial charge in [-0.15, -0.1) is 0 Å². The van der Waals surface area contributed by atoms with E-state index in [1.807, 2.05) is 0 Å². The van der Waals surface area contributed by atoms with E-state index in [-0.39, 0.29) is 18.4 Å². The summed E-state index contributed by atoms with van der Waals surface area (Å²) < 4.78 is 19.8. The minimum absolute atomic E-state index is 0.00319. The van der Waals surface area contributed by atoms with Gasteiger partial charge in [-0.25, -0.2) is 4.79 Å². The van der Waals surface area contributed by atoms with E-state index in [1.54, 1.807) is 0 Å². The highest BCUT2D eigenvalue weighted by atomic mass is 28.4. The van der Waals surface area contributed by atoms with Crippen molar-refractivity contribution >= 4 is 14.8 Å². The minimum atomic E-state index is -3.18. The van der Waals surface area contributed by atoms with Crippen LogP contribution in [-0.2, 0) is 22.8 Å². The number of carbonyl (C=O) groups excluding carboxylic acids is 1. The Bertz CT molecular complexity index is 217. The van der Waals surface area contributed by atoms with E-state index in [4.69, 9.17) is 18.4 Å². The highest BCUT2D eigenvalue weighted by Crippen LogP contribution is 2.17. The third kappa shape index (κ3) is 3.40. The second-order valence-corrected chi connectivity index (χ2v) is 5.45. The Morgan fingerprint density at radius 2 is 1.73 bits per heavy atom. The summed E-state index contributed by atoms with van der Waals surface area (Å²) in [4.78, 5) is 11.4. The third-order valence-corrected chi connectivity index (χ3v) is 4.30. The first-order chi connectivity index (χ1) is 7.07. The molecule has 0 heterocycles. The molecule has 0 saturated carbocycles. The zero-order valence-electron chi connectivity index (χ0n) is 9.11. The molecule has 0 fully saturated rings. The van der Waals surface area contributed by atoms with Crippen LogP contribution in [0.15, 0.2) is 11.8 Å². The summed E-state index contributed by atoms with van der Waals surface area (Å²) >= 11 is 0. The SMILES string of the molecule is C=C(C(=O)OCCO)[Si](OC)(OC)OC. The van der Waals surface area contributed by atoms with E-state index in [9.17, 15) is 4.79 Å². The van der Waals surface area contributed by atoms with Crippen molar-refractivity contribution in [1.29, 1.82) is 0 Å². The van der Waals surface area contributed by atoms with Crippen LogP contribution in [0.5, 0.6) is 0 Å². The molecule has 0 radical (unpaired) electrons. The van der Waals surface area contributed by atoms with Gasteiger partial charge in [0.05, 0.1) is 6.61 Å². The van der Waals surface area contributed by atoms with Gasteiger partial charge < -0.3 is 23.1 Å². The Morgan fingerprint density at radius 1 is 1.27 bits per heavy atom. The van der Waals surface area contributed by atoms with Gasteiger partial charge in [0, 0.05) is 21.3 Å². The largest absolute Gasteiger partial charge is 0.543 e. The topological polar surface area (TPSA) is 74.2 Å². The van der Waals surface area contributed by atoms with Crippen LogP contribution >= 0.6 is 0 Å². The molecule has 0 spiro atoms. The summed E-state index contributed by atoms with van der Waals surface area (Å²) in [7, 11) is 0.910. The number of aliphatic hydroxyl groups is 1. The Morgan fingerprint density at radius 3 is 2.07 bits per heavy atom. The fourth-order valence-corrected chi connectivity index (χ4v) is 2.53. The van der Waals surface area contributed by atoms with Gasteiger partial charge in [-0.1, -0.05) is 6.58 Å². The Hall–Kier alpha value is -0.733. The number of hydrogen-bond donors (Lipinski definition) is 1. The predicted molar refractivity (Wildman–Crippen MR) is 54.0 cm³/mol. The van der Waals surface area contributed by atoms with Crippen LogP contribution in [0, 0.1) is 0 Å². The summed E-state index contributed by atoms with van der Waals surface area (Å²) in [6.45, 7) is 3.18. The first-order valence-electron chi connectivity index (χ1n) is 4.20. The molecule has 0 aromatic carbocycles. The Balaban J connectivity index is 4.56. The maximum absolute atomic E-state index is 11.4. The van der Waals surface area contributed by atoms with Crippen LogP contribution in [0.2, 0.25) is 0 Å². The summed E-state index contributed by atoms with van der Waals surface area (Å²) in [5, 5.41) is 8.49. The van der Waals surface area contributed by atoms with Gasteiger partial charge in [0.2, 0.25) is 0 Å². The van der Waals surface area contributed by atoms with Crippen molar-refractivity contribution in [1.82, 2.24) is 0 Å². The monoisotopic (exact) mass is 236 g/mol. The molecular formula is C8H16O6Si. The van der Waals surface area contributed by atoms with Gasteiger partial charge in [-0.2, -0.15) is 0 Å². The molecule has 1 N–H and O–H groups in total. The fourth-order valence-electron chi connectivity index (χ4n) is 0.970. The molecule has 15 heavy (non-hydrogen) atoms. The first kappa shape index (κ1) is 14.3. The normalized spacial score (nSPS) is 11.2. The van der Waals surface area contributed by atoms with Gasteiger partial charge in [0.15, 0.2) is 0 Å². The number of hydrogen-bond acceptors (Lipinski definition) is 6. The van der Waals surface area contributed by atoms with Gasteiger partial charge in [0.25, 0.3) is 0 Å². The van der Waals surface area contributed by atoms with E-state index < -0.39 is 14.8 Å². The molecule has 0 atom stereocenters. The van der Waals surface area contributed by atoms with Gasteiger partial charge in [0.1, 0.15) is 11.8 Å². The molecule has 7 heteroatoms. The van der Waals surface area contributed by atoms with E-state index in [0.717, 1.165) is 0 Å². The zero-order valence-corrected chi connectivity index (χ0v) is 10.1. The maximum Gasteiger partial charge on any atom is 0.543 e. The van der Waals surface area contributed by atoms with Crippen LogP contribution < -0.4 is 0 Å². The van der Waals surface area contributed by atoms with Crippen molar-refractivity contribution in [2.45, 2.75) is 0 Å². The van der Waals surface area contributed by atoms with Crippen molar-refractivity contribution in [3.05, 3.63) is 11.8 Å². The Labute approximate surface area is 89.8 Å². The van der Waals surface area contributed by atoms with Crippen LogP contribution in [0.4, 0.5) is 0 Å². The van der Waals surface area contributed by atoms with Crippen LogP contribution in [0.3, 0.4) is 0 Å². The van der Waals surface area contributed by atoms with Crippen LogP contribution in [0.25, 0.3) is 0 Å². The highest BCUT2D eigenvalue weighted by Gasteiger charge is 2.46. The van der Waals surface area contributed by atoms with E-state index in [1.165, 1.54) is 21.3 Å². The molecule has 0 unspecified atom stereocenters. The summed E-state index contributed by atoms with van der Waals surface area (Å²) in [5.74, 6) is -0.693.